The van der Waals surface area contributed by atoms with Crippen LogP contribution in [0, 0.1) is 5.82 Å². The first-order valence-electron chi connectivity index (χ1n) is 6.40. The quantitative estimate of drug-likeness (QED) is 0.759. The number of halogens is 1. The van der Waals surface area contributed by atoms with Gasteiger partial charge >= 0.3 is 0 Å². The molecule has 0 bridgehead atoms. The summed E-state index contributed by atoms with van der Waals surface area (Å²) in [5.41, 5.74) is 1.31. The Kier molecular flexibility index (Phi) is 3.35. The second kappa shape index (κ2) is 5.31. The highest BCUT2D eigenvalue weighted by molar-refractivity contribution is 5.89. The van der Waals surface area contributed by atoms with Gasteiger partial charge in [0, 0.05) is 19.9 Å². The lowest BCUT2D eigenvalue weighted by molar-refractivity contribution is -0.116. The van der Waals surface area contributed by atoms with E-state index < -0.39 is 0 Å². The van der Waals surface area contributed by atoms with Crippen molar-refractivity contribution in [2.75, 3.05) is 5.32 Å². The average Bonchev–Trinajstić information content (AvgIpc) is 3.02. The van der Waals surface area contributed by atoms with Crippen molar-refractivity contribution < 1.29 is 9.18 Å². The van der Waals surface area contributed by atoms with Crippen LogP contribution in [-0.2, 0) is 18.3 Å². The molecule has 2 aromatic heterocycles. The predicted octanol–water partition coefficient (Wildman–Crippen LogP) is 1.40. The molecule has 0 spiro atoms. The van der Waals surface area contributed by atoms with E-state index in [0.717, 1.165) is 0 Å². The summed E-state index contributed by atoms with van der Waals surface area (Å²) in [6, 6.07) is 4.34. The number of nitrogens with one attached hydrogen (secondary N) is 2. The van der Waals surface area contributed by atoms with Gasteiger partial charge in [0.05, 0.1) is 17.2 Å². The van der Waals surface area contributed by atoms with Gasteiger partial charge in [-0.05, 0) is 18.2 Å². The first-order valence-corrected chi connectivity index (χ1v) is 6.40. The minimum Gasteiger partial charge on any atom is -0.342 e. The maximum absolute atomic E-state index is 13.1. The maximum atomic E-state index is 13.1. The van der Waals surface area contributed by atoms with Crippen molar-refractivity contribution in [1.82, 2.24) is 25.0 Å². The first kappa shape index (κ1) is 13.2. The zero-order chi connectivity index (χ0) is 14.8. The third kappa shape index (κ3) is 3.04. The molecule has 0 saturated heterocycles. The van der Waals surface area contributed by atoms with Gasteiger partial charge in [-0.1, -0.05) is 0 Å². The standard InChI is InChI=1S/C13H13FN6O/c1-20-15-7-12(19-20)18-13(21)5-4-11-16-9-3-2-8(14)6-10(9)17-11/h2-3,6-7H,4-5H2,1H3,(H,16,17)(H,18,19,21). The SMILES string of the molecule is Cn1ncc(NC(=O)CCc2nc3ccc(F)cc3[nH]2)n1. The molecule has 0 atom stereocenters. The summed E-state index contributed by atoms with van der Waals surface area (Å²) in [6.07, 6.45) is 2.16. The summed E-state index contributed by atoms with van der Waals surface area (Å²) < 4.78 is 13.1. The van der Waals surface area contributed by atoms with E-state index in [1.165, 1.54) is 23.1 Å². The molecule has 3 aromatic rings. The van der Waals surface area contributed by atoms with Gasteiger partial charge in [0.15, 0.2) is 5.82 Å². The highest BCUT2D eigenvalue weighted by atomic mass is 19.1. The molecule has 0 radical (unpaired) electrons. The summed E-state index contributed by atoms with van der Waals surface area (Å²) in [6.45, 7) is 0. The van der Waals surface area contributed by atoms with Crippen LogP contribution in [0.25, 0.3) is 11.0 Å². The van der Waals surface area contributed by atoms with Crippen LogP contribution in [0.5, 0.6) is 0 Å². The molecule has 1 amide bonds. The van der Waals surface area contributed by atoms with Crippen molar-refractivity contribution in [1.29, 1.82) is 0 Å². The lowest BCUT2D eigenvalue weighted by atomic mass is 10.3. The van der Waals surface area contributed by atoms with Crippen LogP contribution < -0.4 is 5.32 Å². The van der Waals surface area contributed by atoms with Gasteiger partial charge in [-0.3, -0.25) is 4.79 Å². The maximum Gasteiger partial charge on any atom is 0.226 e. The lowest BCUT2D eigenvalue weighted by Crippen LogP contribution is -2.13. The van der Waals surface area contributed by atoms with E-state index in [-0.39, 0.29) is 18.1 Å². The molecular weight excluding hydrogens is 275 g/mol. The molecule has 8 heteroatoms. The average molecular weight is 288 g/mol. The van der Waals surface area contributed by atoms with Gasteiger partial charge in [0.1, 0.15) is 11.6 Å². The third-order valence-electron chi connectivity index (χ3n) is 2.95. The van der Waals surface area contributed by atoms with Crippen molar-refractivity contribution in [2.24, 2.45) is 7.05 Å². The highest BCUT2D eigenvalue weighted by Gasteiger charge is 2.08. The molecule has 108 valence electrons. The Morgan fingerprint density at radius 2 is 2.33 bits per heavy atom. The monoisotopic (exact) mass is 288 g/mol. The Hall–Kier alpha value is -2.77. The van der Waals surface area contributed by atoms with Crippen molar-refractivity contribution in [3.05, 3.63) is 36.0 Å². The van der Waals surface area contributed by atoms with E-state index in [1.54, 1.807) is 13.1 Å². The predicted molar refractivity (Wildman–Crippen MR) is 74.0 cm³/mol. The number of fused-ring (bicyclic) bond motifs is 1. The number of hydrogen-bond donors (Lipinski definition) is 2. The number of benzene rings is 1. The number of hydrogen-bond acceptors (Lipinski definition) is 4. The van der Waals surface area contributed by atoms with Gasteiger partial charge < -0.3 is 10.3 Å². The molecule has 3 rings (SSSR count). The molecule has 1 aromatic carbocycles. The van der Waals surface area contributed by atoms with Crippen LogP contribution in [0.3, 0.4) is 0 Å². The second-order valence-corrected chi connectivity index (χ2v) is 4.61. The number of H-pyrrole nitrogens is 1. The fraction of sp³-hybridized carbons (Fsp3) is 0.231. The molecule has 0 fully saturated rings. The smallest absolute Gasteiger partial charge is 0.226 e. The molecule has 0 aliphatic carbocycles. The molecule has 0 saturated carbocycles. The summed E-state index contributed by atoms with van der Waals surface area (Å²) in [7, 11) is 1.67. The number of nitrogens with zero attached hydrogens (tertiary/aromatic N) is 4. The van der Waals surface area contributed by atoms with Crippen LogP contribution in [-0.4, -0.2) is 30.9 Å². The van der Waals surface area contributed by atoms with Gasteiger partial charge in [0.2, 0.25) is 5.91 Å². The summed E-state index contributed by atoms with van der Waals surface area (Å²) in [5, 5.41) is 10.5. The fourth-order valence-electron chi connectivity index (χ4n) is 1.99. The minimum atomic E-state index is -0.321. The molecule has 0 aliphatic rings. The van der Waals surface area contributed by atoms with Crippen LogP contribution in [0.1, 0.15) is 12.2 Å². The lowest BCUT2D eigenvalue weighted by Gasteiger charge is -1.99. The molecule has 0 aliphatic heterocycles. The Morgan fingerprint density at radius 3 is 3.10 bits per heavy atom. The fourth-order valence-corrected chi connectivity index (χ4v) is 1.99. The Labute approximate surface area is 119 Å². The molecule has 0 unspecified atom stereocenters. The van der Waals surface area contributed by atoms with E-state index in [4.69, 9.17) is 0 Å². The largest absolute Gasteiger partial charge is 0.342 e. The van der Waals surface area contributed by atoms with E-state index in [9.17, 15) is 9.18 Å². The van der Waals surface area contributed by atoms with Crippen LogP contribution in [0.15, 0.2) is 24.4 Å². The number of aromatic nitrogens is 5. The van der Waals surface area contributed by atoms with Crippen LogP contribution in [0.4, 0.5) is 10.2 Å². The number of imidazole rings is 1. The van der Waals surface area contributed by atoms with Gasteiger partial charge in [0.25, 0.3) is 0 Å². The van der Waals surface area contributed by atoms with Gasteiger partial charge in [-0.15, -0.1) is 5.10 Å². The summed E-state index contributed by atoms with van der Waals surface area (Å²) in [5.74, 6) is 0.555. The summed E-state index contributed by atoms with van der Waals surface area (Å²) >= 11 is 0. The second-order valence-electron chi connectivity index (χ2n) is 4.61. The van der Waals surface area contributed by atoms with Crippen molar-refractivity contribution in [3.8, 4) is 0 Å². The number of aryl methyl sites for hydroxylation is 2. The van der Waals surface area contributed by atoms with E-state index in [0.29, 0.717) is 29.1 Å². The molecule has 2 N–H and O–H groups in total. The number of carbonyl (C=O) groups excluding carboxylic acids is 1. The molecular formula is C13H13FN6O. The third-order valence-corrected chi connectivity index (χ3v) is 2.95. The van der Waals surface area contributed by atoms with Crippen LogP contribution in [0.2, 0.25) is 0 Å². The number of aromatic amines is 1. The van der Waals surface area contributed by atoms with Gasteiger partial charge in [-0.2, -0.15) is 9.90 Å². The summed E-state index contributed by atoms with van der Waals surface area (Å²) in [4.78, 5) is 20.4. The Morgan fingerprint density at radius 1 is 1.48 bits per heavy atom. The van der Waals surface area contributed by atoms with Crippen molar-refractivity contribution in [3.63, 3.8) is 0 Å². The topological polar surface area (TPSA) is 88.5 Å². The first-order chi connectivity index (χ1) is 10.1. The number of carbonyl (C=O) groups is 1. The Bertz CT molecular complexity index is 793. The number of anilines is 1. The molecule has 7 nitrogen and oxygen atoms in total. The van der Waals surface area contributed by atoms with Crippen LogP contribution >= 0.6 is 0 Å². The van der Waals surface area contributed by atoms with E-state index in [2.05, 4.69) is 25.5 Å². The normalized spacial score (nSPS) is 11.0. The number of amides is 1. The molecule has 21 heavy (non-hydrogen) atoms. The number of rotatable bonds is 4. The Balaban J connectivity index is 1.61. The highest BCUT2D eigenvalue weighted by Crippen LogP contribution is 2.13. The van der Waals surface area contributed by atoms with E-state index >= 15 is 0 Å². The van der Waals surface area contributed by atoms with Crippen molar-refractivity contribution in [2.45, 2.75) is 12.8 Å². The van der Waals surface area contributed by atoms with Crippen molar-refractivity contribution >= 4 is 22.8 Å². The zero-order valence-corrected chi connectivity index (χ0v) is 11.3. The van der Waals surface area contributed by atoms with Gasteiger partial charge in [-0.25, -0.2) is 9.37 Å². The molecule has 2 heterocycles. The van der Waals surface area contributed by atoms with E-state index in [1.807, 2.05) is 0 Å². The zero-order valence-electron chi connectivity index (χ0n) is 11.3. The minimum absolute atomic E-state index is 0.179.